The van der Waals surface area contributed by atoms with Gasteiger partial charge in [0.15, 0.2) is 0 Å². The molecule has 0 fully saturated rings. The molecule has 49 valence electrons. The van der Waals surface area contributed by atoms with E-state index >= 15 is 0 Å². The number of hydrogen-bond acceptors (Lipinski definition) is 1. The van der Waals surface area contributed by atoms with Crippen molar-refractivity contribution in [1.82, 2.24) is 0 Å². The molecule has 0 saturated heterocycles. The summed E-state index contributed by atoms with van der Waals surface area (Å²) in [6.45, 7) is 0. The van der Waals surface area contributed by atoms with E-state index in [2.05, 4.69) is 0 Å². The van der Waals surface area contributed by atoms with Crippen LogP contribution >= 0.6 is 0 Å². The van der Waals surface area contributed by atoms with Gasteiger partial charge < -0.3 is 0 Å². The second-order valence-electron chi connectivity index (χ2n) is 0. The maximum atomic E-state index is 8.34. The first-order chi connectivity index (χ1) is 1.00. The topological polar surface area (TPSA) is 17.1 Å². The summed E-state index contributed by atoms with van der Waals surface area (Å²) in [5.41, 5.74) is 0. The zero-order valence-electron chi connectivity index (χ0n) is 3.77. The van der Waals surface area contributed by atoms with Crippen molar-refractivity contribution in [2.45, 2.75) is 0 Å². The minimum atomic E-state index is 0. The quantitative estimate of drug-likeness (QED) is 0.299. The van der Waals surface area contributed by atoms with Crippen molar-refractivity contribution in [2.24, 2.45) is 0 Å². The first-order valence-corrected chi connectivity index (χ1v) is 1.37. The summed E-state index contributed by atoms with van der Waals surface area (Å²) >= 11 is 0.300. The van der Waals surface area contributed by atoms with Gasteiger partial charge in [-0.3, -0.25) is 0 Å². The van der Waals surface area contributed by atoms with Crippen LogP contribution in [0.3, 0.4) is 0 Å². The monoisotopic (exact) mass is 655 g/mol. The summed E-state index contributed by atoms with van der Waals surface area (Å²) in [6, 6.07) is 0. The zero-order chi connectivity index (χ0) is 2.00. The predicted octanol–water partition coefficient (Wildman–Crippen LogP) is -1.27. The van der Waals surface area contributed by atoms with E-state index in [1.807, 2.05) is 0 Å². The van der Waals surface area contributed by atoms with Crippen molar-refractivity contribution >= 4 is 100 Å². The normalized spacial score (nSPS) is 0.500. The van der Waals surface area contributed by atoms with Gasteiger partial charge in [-0.1, -0.05) is 0 Å². The van der Waals surface area contributed by atoms with Crippen LogP contribution in [0.1, 0.15) is 0 Å². The van der Waals surface area contributed by atoms with Crippen LogP contribution in [0, 0.1) is 0 Å². The molecule has 0 rings (SSSR count). The van der Waals surface area contributed by atoms with E-state index in [9.17, 15) is 0 Å². The van der Waals surface area contributed by atoms with Crippen LogP contribution < -0.4 is 0 Å². The van der Waals surface area contributed by atoms with Gasteiger partial charge in [-0.2, -0.15) is 0 Å². The van der Waals surface area contributed by atoms with Crippen LogP contribution in [0.5, 0.6) is 0 Å². The van der Waals surface area contributed by atoms with E-state index in [0.717, 1.165) is 0 Å². The predicted molar refractivity (Wildman–Crippen MR) is 17.9 cm³/mol. The fourth-order valence-electron chi connectivity index (χ4n) is 0. The van der Waals surface area contributed by atoms with Gasteiger partial charge in [0.05, 0.1) is 0 Å². The van der Waals surface area contributed by atoms with E-state index < -0.39 is 0 Å². The van der Waals surface area contributed by atoms with Gasteiger partial charge in [0.1, 0.15) is 0 Å². The van der Waals surface area contributed by atoms with E-state index in [1.54, 1.807) is 0 Å². The maximum absolute atomic E-state index is 8.34. The molecule has 0 spiro atoms. The van der Waals surface area contributed by atoms with Crippen molar-refractivity contribution in [3.63, 3.8) is 0 Å². The zero-order valence-corrected chi connectivity index (χ0v) is 18.4. The van der Waals surface area contributed by atoms with Crippen LogP contribution in [0.4, 0.5) is 0 Å². The molecule has 0 unspecified atom stereocenters. The second-order valence-corrected chi connectivity index (χ2v) is 0. The third kappa shape index (κ3) is 42.6. The molecule has 1 nitrogen and oxygen atoms in total. The number of hydrogen-bond donors (Lipinski definition) is 0. The Morgan fingerprint density at radius 2 is 1.12 bits per heavy atom. The molecular weight excluding hydrogens is 652 g/mol. The Morgan fingerprint density at radius 3 is 1.12 bits per heavy atom. The summed E-state index contributed by atoms with van der Waals surface area (Å²) in [7, 11) is 0. The van der Waals surface area contributed by atoms with Crippen LogP contribution in [-0.2, 0) is 74.5 Å². The van der Waals surface area contributed by atoms with E-state index in [1.165, 1.54) is 0 Å². The Morgan fingerprint density at radius 1 is 1.12 bits per heavy atom. The van der Waals surface area contributed by atoms with E-state index in [4.69, 9.17) is 3.08 Å². The van der Waals surface area contributed by atoms with Gasteiger partial charge in [0.25, 0.3) is 0 Å². The van der Waals surface area contributed by atoms with Crippen molar-refractivity contribution in [2.75, 3.05) is 0 Å². The first kappa shape index (κ1) is 50.6. The van der Waals surface area contributed by atoms with E-state index in [-0.39, 0.29) is 149 Å². The molecule has 8 heteroatoms. The summed E-state index contributed by atoms with van der Waals surface area (Å²) in [5, 5.41) is 0. The fraction of sp³-hybridized carbons (Fsp3) is 0. The minimum absolute atomic E-state index is 0. The van der Waals surface area contributed by atoms with Crippen molar-refractivity contribution < 1.29 is 74.5 Å². The standard InChI is InChI=1S/Bi.Co.Fe.K.Mo.Ni.O.Sn. The summed E-state index contributed by atoms with van der Waals surface area (Å²) < 4.78 is 8.34. The molecule has 0 amide bonds. The molecule has 0 atom stereocenters. The third-order valence-corrected chi connectivity index (χ3v) is 0. The molecule has 7 radical (unpaired) electrons. The molecule has 0 aromatic rings. The van der Waals surface area contributed by atoms with Gasteiger partial charge in [-0.25, -0.2) is 0 Å². The average Bonchev–Trinajstić information content (AvgIpc) is 1.00. The Kier molecular flexibility index (Phi) is 353. The van der Waals surface area contributed by atoms with Gasteiger partial charge in [-0.05, 0) is 0 Å². The molecule has 0 aromatic carbocycles. The molecule has 0 bridgehead atoms. The molecular formula is BiCoFeKMoNiOSn. The van der Waals surface area contributed by atoms with Gasteiger partial charge >= 0.3 is 25.6 Å². The first-order valence-electron chi connectivity index (χ1n) is 0.204. The van der Waals surface area contributed by atoms with Crippen molar-refractivity contribution in [3.05, 3.63) is 0 Å². The Balaban J connectivity index is -0.000000000333. The van der Waals surface area contributed by atoms with Crippen LogP contribution in [0.2, 0.25) is 0 Å². The Labute approximate surface area is 170 Å². The van der Waals surface area contributed by atoms with Gasteiger partial charge in [0, 0.05) is 149 Å². The van der Waals surface area contributed by atoms with E-state index in [0.29, 0.717) is 22.5 Å². The third-order valence-electron chi connectivity index (χ3n) is 0. The molecule has 0 aromatic heterocycles. The second kappa shape index (κ2) is 55.7. The molecule has 0 aliphatic heterocycles. The molecule has 0 aliphatic rings. The van der Waals surface area contributed by atoms with Gasteiger partial charge in [0.2, 0.25) is 0 Å². The fourth-order valence-corrected chi connectivity index (χ4v) is 0. The summed E-state index contributed by atoms with van der Waals surface area (Å²) in [5.74, 6) is 0. The molecule has 0 aliphatic carbocycles. The van der Waals surface area contributed by atoms with Crippen LogP contribution in [0.15, 0.2) is 0 Å². The summed E-state index contributed by atoms with van der Waals surface area (Å²) in [4.78, 5) is 0. The molecule has 0 saturated carbocycles. The van der Waals surface area contributed by atoms with Crippen LogP contribution in [-0.4, -0.2) is 100 Å². The summed E-state index contributed by atoms with van der Waals surface area (Å²) in [6.07, 6.45) is 0. The van der Waals surface area contributed by atoms with Crippen LogP contribution in [0.25, 0.3) is 0 Å². The van der Waals surface area contributed by atoms with Gasteiger partial charge in [-0.15, -0.1) is 0 Å². The average molecular weight is 652 g/mol. The van der Waals surface area contributed by atoms with Crippen molar-refractivity contribution in [1.29, 1.82) is 0 Å². The SMILES string of the molecule is [Bi].[Co].[Fe].[K].[Mo].[Ni].[O]=[Sn]. The Hall–Kier alpha value is 5.33. The number of rotatable bonds is 0. The molecule has 8 heavy (non-hydrogen) atoms. The molecule has 0 N–H and O–H groups in total. The molecule has 0 heterocycles. The van der Waals surface area contributed by atoms with Crippen molar-refractivity contribution in [3.8, 4) is 0 Å². The Bertz CT molecular complexity index is 24.0.